The molecule has 0 aromatic carbocycles. The molecular weight excluding hydrogens is 338 g/mol. The van der Waals surface area contributed by atoms with Crippen LogP contribution in [0.15, 0.2) is 27.9 Å². The molecule has 2 aromatic rings. The van der Waals surface area contributed by atoms with Crippen LogP contribution in [0.1, 0.15) is 40.2 Å². The minimum absolute atomic E-state index is 0.0233. The maximum Gasteiger partial charge on any atom is 0.256 e. The van der Waals surface area contributed by atoms with Gasteiger partial charge in [-0.25, -0.2) is 4.98 Å². The third kappa shape index (κ3) is 4.22. The second kappa shape index (κ2) is 8.01. The monoisotopic (exact) mass is 361 g/mol. The van der Waals surface area contributed by atoms with E-state index < -0.39 is 0 Å². The van der Waals surface area contributed by atoms with Gasteiger partial charge in [0.15, 0.2) is 0 Å². The predicted molar refractivity (Wildman–Crippen MR) is 95.7 cm³/mol. The summed E-state index contributed by atoms with van der Waals surface area (Å²) in [6, 6.07) is 3.63. The van der Waals surface area contributed by atoms with Gasteiger partial charge in [-0.1, -0.05) is 5.16 Å². The van der Waals surface area contributed by atoms with Gasteiger partial charge in [0.25, 0.3) is 5.91 Å². The zero-order valence-electron chi connectivity index (χ0n) is 14.8. The van der Waals surface area contributed by atoms with Gasteiger partial charge in [0.1, 0.15) is 10.8 Å². The van der Waals surface area contributed by atoms with E-state index in [0.29, 0.717) is 17.9 Å². The van der Waals surface area contributed by atoms with Gasteiger partial charge in [0.2, 0.25) is 0 Å². The van der Waals surface area contributed by atoms with Crippen molar-refractivity contribution >= 4 is 17.7 Å². The van der Waals surface area contributed by atoms with Gasteiger partial charge in [0.05, 0.1) is 17.4 Å². The van der Waals surface area contributed by atoms with E-state index in [-0.39, 0.29) is 12.0 Å². The summed E-state index contributed by atoms with van der Waals surface area (Å²) < 4.78 is 10.8. The fourth-order valence-electron chi connectivity index (χ4n) is 2.90. The van der Waals surface area contributed by atoms with Crippen molar-refractivity contribution in [2.75, 3.05) is 20.2 Å². The average Bonchev–Trinajstić information content (AvgIpc) is 3.23. The normalized spacial score (nSPS) is 17.0. The molecule has 1 aliphatic rings. The lowest BCUT2D eigenvalue weighted by Crippen LogP contribution is -2.34. The number of pyridine rings is 1. The second-order valence-corrected chi connectivity index (χ2v) is 7.23. The SMILES string of the molecule is Cc1noc(C)c1CSc1ncccc1C(=O)N(C)C[C@H]1CCCO1. The summed E-state index contributed by atoms with van der Waals surface area (Å²) >= 11 is 1.53. The van der Waals surface area contributed by atoms with Gasteiger partial charge in [-0.05, 0) is 38.8 Å². The molecule has 1 aliphatic heterocycles. The Labute approximate surface area is 151 Å². The van der Waals surface area contributed by atoms with Crippen molar-refractivity contribution < 1.29 is 14.1 Å². The quantitative estimate of drug-likeness (QED) is 0.736. The first-order valence-corrected chi connectivity index (χ1v) is 9.41. The highest BCUT2D eigenvalue weighted by molar-refractivity contribution is 7.98. The topological polar surface area (TPSA) is 68.5 Å². The van der Waals surface area contributed by atoms with E-state index in [0.717, 1.165) is 41.5 Å². The number of thioether (sulfide) groups is 1. The van der Waals surface area contributed by atoms with Crippen molar-refractivity contribution in [3.05, 3.63) is 40.9 Å². The molecule has 0 spiro atoms. The summed E-state index contributed by atoms with van der Waals surface area (Å²) in [5.74, 6) is 1.46. The number of amides is 1. The predicted octanol–water partition coefficient (Wildman–Crippen LogP) is 3.23. The summed E-state index contributed by atoms with van der Waals surface area (Å²) in [6.45, 7) is 5.22. The van der Waals surface area contributed by atoms with E-state index in [4.69, 9.17) is 9.26 Å². The summed E-state index contributed by atoms with van der Waals surface area (Å²) in [7, 11) is 1.82. The van der Waals surface area contributed by atoms with Gasteiger partial charge in [-0.15, -0.1) is 11.8 Å². The Kier molecular flexibility index (Phi) is 5.75. The lowest BCUT2D eigenvalue weighted by Gasteiger charge is -2.21. The Morgan fingerprint density at radius 3 is 2.96 bits per heavy atom. The van der Waals surface area contributed by atoms with Crippen molar-refractivity contribution in [2.24, 2.45) is 0 Å². The molecule has 1 atom stereocenters. The van der Waals surface area contributed by atoms with E-state index in [1.54, 1.807) is 17.2 Å². The smallest absolute Gasteiger partial charge is 0.256 e. The van der Waals surface area contributed by atoms with Crippen LogP contribution in [0.3, 0.4) is 0 Å². The van der Waals surface area contributed by atoms with Crippen LogP contribution in [0.4, 0.5) is 0 Å². The van der Waals surface area contributed by atoms with Gasteiger partial charge < -0.3 is 14.2 Å². The Hall–Kier alpha value is -1.86. The van der Waals surface area contributed by atoms with E-state index >= 15 is 0 Å². The molecule has 134 valence electrons. The molecule has 2 aromatic heterocycles. The van der Waals surface area contributed by atoms with Crippen LogP contribution in [-0.4, -0.2) is 47.3 Å². The van der Waals surface area contributed by atoms with Crippen LogP contribution in [0.2, 0.25) is 0 Å². The minimum Gasteiger partial charge on any atom is -0.376 e. The van der Waals surface area contributed by atoms with Gasteiger partial charge in [-0.3, -0.25) is 4.79 Å². The summed E-state index contributed by atoms with van der Waals surface area (Å²) in [6.07, 6.45) is 3.94. The maximum atomic E-state index is 12.8. The van der Waals surface area contributed by atoms with E-state index in [1.807, 2.05) is 27.0 Å². The maximum absolute atomic E-state index is 12.8. The fourth-order valence-corrected chi connectivity index (χ4v) is 4.04. The number of carbonyl (C=O) groups is 1. The molecule has 6 nitrogen and oxygen atoms in total. The zero-order valence-corrected chi connectivity index (χ0v) is 15.6. The average molecular weight is 361 g/mol. The molecule has 7 heteroatoms. The highest BCUT2D eigenvalue weighted by Gasteiger charge is 2.23. The molecule has 3 rings (SSSR count). The van der Waals surface area contributed by atoms with Crippen LogP contribution in [0.5, 0.6) is 0 Å². The molecule has 1 amide bonds. The number of ether oxygens (including phenoxy) is 1. The number of aromatic nitrogens is 2. The Bertz CT molecular complexity index is 721. The Morgan fingerprint density at radius 1 is 1.44 bits per heavy atom. The lowest BCUT2D eigenvalue weighted by atomic mass is 10.2. The van der Waals surface area contributed by atoms with Crippen molar-refractivity contribution in [1.29, 1.82) is 0 Å². The van der Waals surface area contributed by atoms with Crippen LogP contribution in [-0.2, 0) is 10.5 Å². The first-order valence-electron chi connectivity index (χ1n) is 8.43. The third-order valence-electron chi connectivity index (χ3n) is 4.38. The summed E-state index contributed by atoms with van der Waals surface area (Å²) in [5, 5.41) is 4.70. The summed E-state index contributed by atoms with van der Waals surface area (Å²) in [5.41, 5.74) is 2.56. The van der Waals surface area contributed by atoms with Crippen LogP contribution >= 0.6 is 11.8 Å². The molecule has 0 unspecified atom stereocenters. The highest BCUT2D eigenvalue weighted by atomic mass is 32.2. The van der Waals surface area contributed by atoms with E-state index in [9.17, 15) is 4.79 Å². The molecule has 0 radical (unpaired) electrons. The van der Waals surface area contributed by atoms with Crippen molar-refractivity contribution in [1.82, 2.24) is 15.0 Å². The lowest BCUT2D eigenvalue weighted by molar-refractivity contribution is 0.0584. The van der Waals surface area contributed by atoms with Crippen LogP contribution in [0, 0.1) is 13.8 Å². The van der Waals surface area contributed by atoms with Crippen LogP contribution in [0.25, 0.3) is 0 Å². The molecule has 3 heterocycles. The first-order chi connectivity index (χ1) is 12.1. The van der Waals surface area contributed by atoms with Crippen LogP contribution < -0.4 is 0 Å². The van der Waals surface area contributed by atoms with Crippen molar-refractivity contribution in [2.45, 2.75) is 43.6 Å². The molecule has 0 aliphatic carbocycles. The van der Waals surface area contributed by atoms with Gasteiger partial charge in [0, 0.05) is 37.7 Å². The number of likely N-dealkylation sites (N-methyl/N-ethyl adjacent to an activating group) is 1. The van der Waals surface area contributed by atoms with E-state index in [1.165, 1.54) is 11.8 Å². The second-order valence-electron chi connectivity index (χ2n) is 6.27. The molecule has 0 bridgehead atoms. The van der Waals surface area contributed by atoms with Gasteiger partial charge >= 0.3 is 0 Å². The number of aryl methyl sites for hydroxylation is 2. The highest BCUT2D eigenvalue weighted by Crippen LogP contribution is 2.28. The van der Waals surface area contributed by atoms with Gasteiger partial charge in [-0.2, -0.15) is 0 Å². The third-order valence-corrected chi connectivity index (χ3v) is 5.42. The molecule has 1 saturated heterocycles. The molecule has 0 N–H and O–H groups in total. The standard InChI is InChI=1S/C18H23N3O3S/c1-12-16(13(2)24-20-12)11-25-17-15(7-4-8-19-17)18(22)21(3)10-14-6-5-9-23-14/h4,7-8,14H,5-6,9-11H2,1-3H3/t14-/m1/s1. The Morgan fingerprint density at radius 2 is 2.28 bits per heavy atom. The van der Waals surface area contributed by atoms with E-state index in [2.05, 4.69) is 10.1 Å². The number of hydrogen-bond donors (Lipinski definition) is 0. The molecule has 1 fully saturated rings. The largest absolute Gasteiger partial charge is 0.376 e. The number of nitrogens with zero attached hydrogens (tertiary/aromatic N) is 3. The molecular formula is C18H23N3O3S. The minimum atomic E-state index is -0.0233. The first kappa shape index (κ1) is 17.9. The number of rotatable bonds is 6. The molecule has 0 saturated carbocycles. The molecule has 25 heavy (non-hydrogen) atoms. The number of carbonyl (C=O) groups excluding carboxylic acids is 1. The van der Waals surface area contributed by atoms with Crippen molar-refractivity contribution in [3.8, 4) is 0 Å². The number of hydrogen-bond acceptors (Lipinski definition) is 6. The zero-order chi connectivity index (χ0) is 17.8. The van der Waals surface area contributed by atoms with Crippen molar-refractivity contribution in [3.63, 3.8) is 0 Å². The summed E-state index contributed by atoms with van der Waals surface area (Å²) in [4.78, 5) is 19.0. The Balaban J connectivity index is 1.70. The fraction of sp³-hybridized carbons (Fsp3) is 0.500.